The van der Waals surface area contributed by atoms with Crippen LogP contribution < -0.4 is 14.8 Å². The number of hydrogen-bond donors (Lipinski definition) is 4. The number of ether oxygens (including phenoxy) is 2. The fraction of sp³-hybridized carbons (Fsp3) is 0.259. The van der Waals surface area contributed by atoms with Gasteiger partial charge in [0.25, 0.3) is 5.91 Å². The third-order valence-corrected chi connectivity index (χ3v) is 8.71. The smallest absolute Gasteiger partial charge is 0.251 e. The first-order valence-electron chi connectivity index (χ1n) is 12.0. The van der Waals surface area contributed by atoms with E-state index in [4.69, 9.17) is 37.9 Å². The monoisotopic (exact) mass is 605 g/mol. The average Bonchev–Trinajstić information content (AvgIpc) is 2.95. The van der Waals surface area contributed by atoms with Gasteiger partial charge in [-0.15, -0.1) is 0 Å². The Hall–Kier alpha value is -3.21. The number of amides is 1. The van der Waals surface area contributed by atoms with Gasteiger partial charge in [-0.25, -0.2) is 13.1 Å². The van der Waals surface area contributed by atoms with Crippen LogP contribution in [-0.4, -0.2) is 62.7 Å². The third kappa shape index (κ3) is 6.74. The van der Waals surface area contributed by atoms with E-state index in [1.165, 1.54) is 31.4 Å². The van der Waals surface area contributed by atoms with Crippen molar-refractivity contribution >= 4 is 39.1 Å². The molecule has 40 heavy (non-hydrogen) atoms. The number of sulfonamides is 1. The molecule has 3 aromatic carbocycles. The minimum absolute atomic E-state index is 0.0722. The lowest BCUT2D eigenvalue weighted by atomic mass is 9.98. The van der Waals surface area contributed by atoms with Crippen LogP contribution in [0.3, 0.4) is 0 Å². The van der Waals surface area contributed by atoms with Gasteiger partial charge in [0.1, 0.15) is 16.7 Å². The molecule has 0 aromatic heterocycles. The molecule has 4 atom stereocenters. The molecular weight excluding hydrogens is 581 g/mol. The maximum Gasteiger partial charge on any atom is 0.251 e. The summed E-state index contributed by atoms with van der Waals surface area (Å²) >= 11 is 11.9. The number of aliphatic hydroxyl groups excluding tert-OH is 2. The van der Waals surface area contributed by atoms with Gasteiger partial charge in [-0.3, -0.25) is 4.79 Å². The van der Waals surface area contributed by atoms with E-state index in [9.17, 15) is 23.4 Å². The minimum Gasteiger partial charge on any atom is -0.497 e. The fourth-order valence-corrected chi connectivity index (χ4v) is 6.03. The molecule has 1 aliphatic heterocycles. The number of benzene rings is 3. The fourth-order valence-electron chi connectivity index (χ4n) is 4.20. The van der Waals surface area contributed by atoms with Gasteiger partial charge in [-0.05, 0) is 53.6 Å². The number of carbonyl (C=O) groups is 1. The Bertz CT molecular complexity index is 1530. The van der Waals surface area contributed by atoms with Crippen LogP contribution in [0.4, 0.5) is 0 Å². The van der Waals surface area contributed by atoms with Gasteiger partial charge in [0.15, 0.2) is 6.29 Å². The molecule has 1 fully saturated rings. The summed E-state index contributed by atoms with van der Waals surface area (Å²) in [6, 6.07) is 16.7. The topological polar surface area (TPSA) is 158 Å². The second-order valence-electron chi connectivity index (χ2n) is 8.99. The molecule has 1 aliphatic rings. The molecule has 0 saturated carbocycles. The molecule has 1 heterocycles. The van der Waals surface area contributed by atoms with Crippen molar-refractivity contribution in [1.29, 1.82) is 5.26 Å². The first-order chi connectivity index (χ1) is 19.0. The van der Waals surface area contributed by atoms with Gasteiger partial charge < -0.3 is 25.0 Å². The number of methoxy groups -OCH3 is 1. The van der Waals surface area contributed by atoms with E-state index in [1.807, 2.05) is 6.07 Å². The summed E-state index contributed by atoms with van der Waals surface area (Å²) in [4.78, 5) is 12.9. The molecule has 4 unspecified atom stereocenters. The lowest BCUT2D eigenvalue weighted by Gasteiger charge is -2.37. The molecule has 1 saturated heterocycles. The number of carbonyl (C=O) groups excluding carboxylic acids is 1. The van der Waals surface area contributed by atoms with Crippen LogP contribution in [0.2, 0.25) is 10.0 Å². The molecular formula is C27H25Cl2N3O7S. The molecule has 0 bridgehead atoms. The zero-order chi connectivity index (χ0) is 29.0. The first-order valence-corrected chi connectivity index (χ1v) is 14.2. The molecule has 0 spiro atoms. The average molecular weight is 606 g/mol. The van der Waals surface area contributed by atoms with E-state index in [2.05, 4.69) is 10.0 Å². The number of rotatable bonds is 8. The van der Waals surface area contributed by atoms with Crippen LogP contribution in [0, 0.1) is 11.3 Å². The van der Waals surface area contributed by atoms with Crippen LogP contribution in [-0.2, 0) is 14.8 Å². The number of hydrogen-bond acceptors (Lipinski definition) is 8. The van der Waals surface area contributed by atoms with Crippen LogP contribution in [0.1, 0.15) is 22.3 Å². The van der Waals surface area contributed by atoms with Crippen molar-refractivity contribution in [2.24, 2.45) is 0 Å². The number of nitrogens with zero attached hydrogens (tertiary/aromatic N) is 1. The molecule has 10 nitrogen and oxygen atoms in total. The summed E-state index contributed by atoms with van der Waals surface area (Å²) < 4.78 is 38.5. The Morgan fingerprint density at radius 1 is 1.12 bits per heavy atom. The highest BCUT2D eigenvalue weighted by Crippen LogP contribution is 2.30. The van der Waals surface area contributed by atoms with Gasteiger partial charge >= 0.3 is 0 Å². The van der Waals surface area contributed by atoms with Crippen LogP contribution in [0.15, 0.2) is 65.6 Å². The van der Waals surface area contributed by atoms with Gasteiger partial charge in [0, 0.05) is 18.5 Å². The Balaban J connectivity index is 1.43. The molecule has 4 N–H and O–H groups in total. The van der Waals surface area contributed by atoms with Crippen LogP contribution in [0.5, 0.6) is 5.75 Å². The van der Waals surface area contributed by atoms with Crippen molar-refractivity contribution in [2.75, 3.05) is 13.7 Å². The summed E-state index contributed by atoms with van der Waals surface area (Å²) in [5.41, 5.74) is 2.09. The molecule has 13 heteroatoms. The number of nitriles is 1. The molecule has 1 amide bonds. The van der Waals surface area contributed by atoms with Gasteiger partial charge in [0.05, 0.1) is 41.0 Å². The van der Waals surface area contributed by atoms with E-state index in [-0.39, 0.29) is 33.5 Å². The molecule has 0 radical (unpaired) electrons. The molecule has 3 aromatic rings. The van der Waals surface area contributed by atoms with E-state index in [1.54, 1.807) is 36.4 Å². The lowest BCUT2D eigenvalue weighted by Crippen LogP contribution is -2.58. The highest BCUT2D eigenvalue weighted by Gasteiger charge is 2.38. The van der Waals surface area contributed by atoms with Crippen molar-refractivity contribution in [2.45, 2.75) is 35.9 Å². The summed E-state index contributed by atoms with van der Waals surface area (Å²) in [6.07, 6.45) is -3.85. The van der Waals surface area contributed by atoms with Gasteiger partial charge in [-0.2, -0.15) is 5.26 Å². The normalized spacial score (nSPS) is 20.9. The van der Waals surface area contributed by atoms with Crippen molar-refractivity contribution in [3.05, 3.63) is 81.8 Å². The number of nitrogens with one attached hydrogen (secondary N) is 2. The first kappa shape index (κ1) is 29.8. The maximum atomic E-state index is 13.1. The number of aliphatic hydroxyl groups is 2. The number of halogens is 2. The van der Waals surface area contributed by atoms with Crippen LogP contribution >= 0.6 is 23.2 Å². The molecule has 0 aliphatic carbocycles. The summed E-state index contributed by atoms with van der Waals surface area (Å²) in [5, 5.41) is 32.8. The predicted octanol–water partition coefficient (Wildman–Crippen LogP) is 3.09. The van der Waals surface area contributed by atoms with Crippen molar-refractivity contribution in [3.63, 3.8) is 0 Å². The van der Waals surface area contributed by atoms with Gasteiger partial charge in [-0.1, -0.05) is 41.4 Å². The third-order valence-electron chi connectivity index (χ3n) is 6.31. The Morgan fingerprint density at radius 3 is 2.50 bits per heavy atom. The molecule has 4 rings (SSSR count). The van der Waals surface area contributed by atoms with E-state index in [0.717, 1.165) is 5.56 Å². The second-order valence-corrected chi connectivity index (χ2v) is 11.5. The summed E-state index contributed by atoms with van der Waals surface area (Å²) in [5.74, 6) is -0.199. The van der Waals surface area contributed by atoms with E-state index < -0.39 is 40.5 Å². The standard InChI is InChI=1S/C27H25Cl2N3O7S/c1-38-19-10-17(16-7-5-15(13-30)6-8-16)9-18(11-19)26(34)32-25-22(33)12-20(39-27(25)35)14-31-40(36,37)23-4-2-3-21(28)24(23)29/h2-11,20,22,25,27,31,33,35H,12,14H2,1H3,(H,32,34). The molecule has 210 valence electrons. The zero-order valence-corrected chi connectivity index (χ0v) is 23.4. The Kier molecular flexibility index (Phi) is 9.33. The van der Waals surface area contributed by atoms with Crippen molar-refractivity contribution < 1.29 is 32.9 Å². The summed E-state index contributed by atoms with van der Waals surface area (Å²) in [6.45, 7) is -0.274. The minimum atomic E-state index is -4.06. The predicted molar refractivity (Wildman–Crippen MR) is 148 cm³/mol. The SMILES string of the molecule is COc1cc(C(=O)NC2C(O)CC(CNS(=O)(=O)c3cccc(Cl)c3Cl)OC2O)cc(-c2ccc(C#N)cc2)c1. The van der Waals surface area contributed by atoms with Crippen molar-refractivity contribution in [3.8, 4) is 22.9 Å². The highest BCUT2D eigenvalue weighted by molar-refractivity contribution is 7.89. The lowest BCUT2D eigenvalue weighted by molar-refractivity contribution is -0.202. The maximum absolute atomic E-state index is 13.1. The van der Waals surface area contributed by atoms with E-state index >= 15 is 0 Å². The highest BCUT2D eigenvalue weighted by atomic mass is 35.5. The zero-order valence-electron chi connectivity index (χ0n) is 21.0. The van der Waals surface area contributed by atoms with Crippen LogP contribution in [0.25, 0.3) is 11.1 Å². The van der Waals surface area contributed by atoms with Crippen molar-refractivity contribution in [1.82, 2.24) is 10.0 Å². The van der Waals surface area contributed by atoms with E-state index in [0.29, 0.717) is 16.9 Å². The van der Waals surface area contributed by atoms with Gasteiger partial charge in [0.2, 0.25) is 10.0 Å². The Labute approximate surface area is 241 Å². The largest absolute Gasteiger partial charge is 0.497 e. The summed E-state index contributed by atoms with van der Waals surface area (Å²) in [7, 11) is -2.61. The second kappa shape index (κ2) is 12.5. The quantitative estimate of drug-likeness (QED) is 0.305. The Morgan fingerprint density at radius 2 is 1.85 bits per heavy atom.